The second kappa shape index (κ2) is 8.33. The van der Waals surface area contributed by atoms with Crippen molar-refractivity contribution in [1.29, 1.82) is 0 Å². The van der Waals surface area contributed by atoms with Crippen molar-refractivity contribution in [3.8, 4) is 17.2 Å². The first-order chi connectivity index (χ1) is 13.8. The zero-order valence-electron chi connectivity index (χ0n) is 17.9. The summed E-state index contributed by atoms with van der Waals surface area (Å²) in [6.45, 7) is 6.28. The molecule has 29 heavy (non-hydrogen) atoms. The van der Waals surface area contributed by atoms with Crippen molar-refractivity contribution in [2.45, 2.75) is 45.0 Å². The number of benzene rings is 2. The van der Waals surface area contributed by atoms with Crippen LogP contribution in [0.15, 0.2) is 42.5 Å². The first-order valence-corrected chi connectivity index (χ1v) is 9.61. The van der Waals surface area contributed by atoms with Crippen molar-refractivity contribution in [3.05, 3.63) is 53.6 Å². The first-order valence-electron chi connectivity index (χ1n) is 9.61. The molecule has 0 aromatic heterocycles. The normalized spacial score (nSPS) is 20.7. The molecule has 6 heteroatoms. The average molecular weight is 399 g/mol. The minimum absolute atomic E-state index is 0.126. The van der Waals surface area contributed by atoms with Crippen LogP contribution in [-0.2, 0) is 16.1 Å². The Morgan fingerprint density at radius 1 is 0.966 bits per heavy atom. The number of methoxy groups -OCH3 is 3. The van der Waals surface area contributed by atoms with Crippen LogP contribution >= 0.6 is 0 Å². The number of carbonyl (C=O) groups is 1. The molecule has 0 saturated carbocycles. The van der Waals surface area contributed by atoms with Crippen molar-refractivity contribution >= 4 is 5.97 Å². The van der Waals surface area contributed by atoms with Gasteiger partial charge in [0.2, 0.25) is 5.75 Å². The van der Waals surface area contributed by atoms with E-state index in [1.807, 2.05) is 51.1 Å². The third kappa shape index (κ3) is 4.65. The van der Waals surface area contributed by atoms with Crippen LogP contribution in [0.2, 0.25) is 0 Å². The van der Waals surface area contributed by atoms with Gasteiger partial charge in [0.05, 0.1) is 27.4 Å². The molecule has 2 aromatic carbocycles. The van der Waals surface area contributed by atoms with Gasteiger partial charge in [0, 0.05) is 6.54 Å². The summed E-state index contributed by atoms with van der Waals surface area (Å²) in [6, 6.07) is 13.4. The molecule has 0 bridgehead atoms. The van der Waals surface area contributed by atoms with Gasteiger partial charge in [-0.1, -0.05) is 30.3 Å². The molecule has 0 N–H and O–H groups in total. The minimum Gasteiger partial charge on any atom is -0.493 e. The van der Waals surface area contributed by atoms with Crippen LogP contribution in [0.1, 0.15) is 37.9 Å². The molecule has 1 saturated heterocycles. The summed E-state index contributed by atoms with van der Waals surface area (Å²) >= 11 is 0. The van der Waals surface area contributed by atoms with Crippen molar-refractivity contribution in [1.82, 2.24) is 4.90 Å². The van der Waals surface area contributed by atoms with Gasteiger partial charge in [0.25, 0.3) is 0 Å². The lowest BCUT2D eigenvalue weighted by Gasteiger charge is -2.19. The van der Waals surface area contributed by atoms with E-state index in [2.05, 4.69) is 17.0 Å². The quantitative estimate of drug-likeness (QED) is 0.519. The molecule has 3 atom stereocenters. The second-order valence-electron chi connectivity index (χ2n) is 8.04. The fraction of sp³-hybridized carbons (Fsp3) is 0.435. The highest BCUT2D eigenvalue weighted by Gasteiger charge is 2.55. The number of esters is 1. The lowest BCUT2D eigenvalue weighted by atomic mass is 10.1. The molecule has 0 amide bonds. The second-order valence-corrected chi connectivity index (χ2v) is 8.04. The van der Waals surface area contributed by atoms with Crippen molar-refractivity contribution in [2.24, 2.45) is 0 Å². The number of carbonyl (C=O) groups excluding carboxylic acids is 1. The molecule has 3 rings (SSSR count). The van der Waals surface area contributed by atoms with Gasteiger partial charge in [-0.25, -0.2) is 0 Å². The van der Waals surface area contributed by atoms with Crippen LogP contribution in [-0.4, -0.2) is 43.8 Å². The molecule has 6 nitrogen and oxygen atoms in total. The number of nitrogens with zero attached hydrogens (tertiary/aromatic N) is 1. The molecule has 2 aromatic rings. The van der Waals surface area contributed by atoms with E-state index in [-0.39, 0.29) is 18.1 Å². The Morgan fingerprint density at radius 3 is 2.03 bits per heavy atom. The predicted octanol–water partition coefficient (Wildman–Crippen LogP) is 3.98. The maximum atomic E-state index is 12.9. The SMILES string of the molecule is COc1cc([C@H]2[C@@H](C(=O)OC(C)(C)C)N2Cc2ccccc2)cc(OC)c1OC. The zero-order chi connectivity index (χ0) is 21.2. The third-order valence-electron chi connectivity index (χ3n) is 4.81. The fourth-order valence-corrected chi connectivity index (χ4v) is 3.54. The van der Waals surface area contributed by atoms with E-state index in [1.54, 1.807) is 21.3 Å². The molecule has 1 heterocycles. The molecule has 1 fully saturated rings. The molecule has 0 aliphatic carbocycles. The zero-order valence-corrected chi connectivity index (χ0v) is 17.9. The molecule has 0 spiro atoms. The topological polar surface area (TPSA) is 57.0 Å². The number of rotatable bonds is 7. The molecular formula is C23H29NO5. The van der Waals surface area contributed by atoms with Crippen LogP contribution in [0.4, 0.5) is 0 Å². The lowest BCUT2D eigenvalue weighted by Crippen LogP contribution is -2.28. The van der Waals surface area contributed by atoms with E-state index >= 15 is 0 Å². The summed E-state index contributed by atoms with van der Waals surface area (Å²) in [6.07, 6.45) is 0. The largest absolute Gasteiger partial charge is 0.493 e. The highest BCUT2D eigenvalue weighted by Crippen LogP contribution is 2.49. The van der Waals surface area contributed by atoms with Crippen LogP contribution in [0, 0.1) is 0 Å². The van der Waals surface area contributed by atoms with Gasteiger partial charge in [-0.3, -0.25) is 9.69 Å². The standard InChI is InChI=1S/C23H29NO5/c1-23(2,3)29-22(25)20-19(24(20)14-15-10-8-7-9-11-15)16-12-17(26-4)21(28-6)18(13-16)27-5/h7-13,19-20H,14H2,1-6H3/t19-,20-,24?/m0/s1. The lowest BCUT2D eigenvalue weighted by molar-refractivity contribution is -0.155. The Morgan fingerprint density at radius 2 is 1.55 bits per heavy atom. The van der Waals surface area contributed by atoms with Gasteiger partial charge in [-0.05, 0) is 44.0 Å². The maximum Gasteiger partial charge on any atom is 0.325 e. The summed E-state index contributed by atoms with van der Waals surface area (Å²) in [4.78, 5) is 15.0. The Bertz CT molecular complexity index is 834. The Kier molecular flexibility index (Phi) is 6.03. The first kappa shape index (κ1) is 21.0. The van der Waals surface area contributed by atoms with E-state index in [4.69, 9.17) is 18.9 Å². The monoisotopic (exact) mass is 399 g/mol. The molecule has 0 radical (unpaired) electrons. The molecule has 1 unspecified atom stereocenters. The van der Waals surface area contributed by atoms with Gasteiger partial charge >= 0.3 is 5.97 Å². The van der Waals surface area contributed by atoms with Crippen LogP contribution in [0.3, 0.4) is 0 Å². The summed E-state index contributed by atoms with van der Waals surface area (Å²) in [5.74, 6) is 1.43. The van der Waals surface area contributed by atoms with Crippen molar-refractivity contribution in [2.75, 3.05) is 21.3 Å². The molecule has 156 valence electrons. The summed E-state index contributed by atoms with van der Waals surface area (Å²) in [5, 5.41) is 0. The Balaban J connectivity index is 1.94. The summed E-state index contributed by atoms with van der Waals surface area (Å²) in [7, 11) is 4.74. The summed E-state index contributed by atoms with van der Waals surface area (Å²) < 4.78 is 22.1. The van der Waals surface area contributed by atoms with Gasteiger partial charge in [-0.2, -0.15) is 0 Å². The predicted molar refractivity (Wildman–Crippen MR) is 110 cm³/mol. The van der Waals surface area contributed by atoms with Crippen molar-refractivity contribution < 1.29 is 23.7 Å². The molecular weight excluding hydrogens is 370 g/mol. The Hall–Kier alpha value is -2.73. The van der Waals surface area contributed by atoms with Gasteiger partial charge < -0.3 is 18.9 Å². The van der Waals surface area contributed by atoms with Crippen LogP contribution in [0.5, 0.6) is 17.2 Å². The van der Waals surface area contributed by atoms with Gasteiger partial charge in [-0.15, -0.1) is 0 Å². The molecule has 1 aliphatic heterocycles. The van der Waals surface area contributed by atoms with Gasteiger partial charge in [0.1, 0.15) is 11.6 Å². The van der Waals surface area contributed by atoms with E-state index in [9.17, 15) is 4.79 Å². The summed E-state index contributed by atoms with van der Waals surface area (Å²) in [5.41, 5.74) is 1.51. The van der Waals surface area contributed by atoms with E-state index in [0.29, 0.717) is 23.8 Å². The van der Waals surface area contributed by atoms with Gasteiger partial charge in [0.15, 0.2) is 11.5 Å². The van der Waals surface area contributed by atoms with Crippen LogP contribution < -0.4 is 14.2 Å². The van der Waals surface area contributed by atoms with E-state index in [1.165, 1.54) is 0 Å². The number of ether oxygens (including phenoxy) is 4. The third-order valence-corrected chi connectivity index (χ3v) is 4.81. The average Bonchev–Trinajstić information content (AvgIpc) is 3.40. The maximum absolute atomic E-state index is 12.9. The highest BCUT2D eigenvalue weighted by molar-refractivity contribution is 5.81. The van der Waals surface area contributed by atoms with E-state index < -0.39 is 5.60 Å². The van der Waals surface area contributed by atoms with E-state index in [0.717, 1.165) is 11.1 Å². The number of hydrogen-bond acceptors (Lipinski definition) is 6. The fourth-order valence-electron chi connectivity index (χ4n) is 3.54. The Labute approximate surface area is 172 Å². The number of hydrogen-bond donors (Lipinski definition) is 0. The minimum atomic E-state index is -0.544. The van der Waals surface area contributed by atoms with Crippen molar-refractivity contribution in [3.63, 3.8) is 0 Å². The van der Waals surface area contributed by atoms with Crippen LogP contribution in [0.25, 0.3) is 0 Å². The highest BCUT2D eigenvalue weighted by atomic mass is 16.6. The molecule has 1 aliphatic rings. The smallest absolute Gasteiger partial charge is 0.325 e.